The maximum absolute atomic E-state index is 13.7. The molecule has 2 rings (SSSR count). The molecule has 0 spiro atoms. The number of rotatable bonds is 40. The van der Waals surface area contributed by atoms with Crippen LogP contribution in [0.25, 0.3) is 0 Å². The van der Waals surface area contributed by atoms with Gasteiger partial charge in [-0.25, -0.2) is 0 Å². The Kier molecular flexibility index (Phi) is 39.6. The van der Waals surface area contributed by atoms with Crippen molar-refractivity contribution in [2.24, 2.45) is 0 Å². The number of allylic oxidation sites excluding steroid dienone is 20. The molecule has 87 heavy (non-hydrogen) atoms. The van der Waals surface area contributed by atoms with Crippen LogP contribution in [-0.2, 0) is 45.1 Å². The van der Waals surface area contributed by atoms with Crippen LogP contribution in [0, 0.1) is 27.9 Å². The number of Topliss-reactive ketones (excluding diaryl/α,β-unsaturated/α-hetero) is 1. The number of esters is 2. The Morgan fingerprint density at radius 2 is 0.862 bits per heavy atom. The van der Waals surface area contributed by atoms with E-state index in [1.165, 1.54) is 62.2 Å². The molecule has 0 fully saturated rings. The molecule has 9 heteroatoms. The topological polar surface area (TPSA) is 72.4 Å². The Labute approximate surface area is 543 Å². The third-order valence-corrected chi connectivity index (χ3v) is 18.0. The molecule has 6 nitrogen and oxygen atoms in total. The molecular weight excluding hydrogens is 1200 g/mol. The van der Waals surface area contributed by atoms with Gasteiger partial charge < -0.3 is 4.74 Å². The molecule has 0 amide bonds. The van der Waals surface area contributed by atoms with E-state index in [2.05, 4.69) is 148 Å². The van der Waals surface area contributed by atoms with Gasteiger partial charge in [0.25, 0.3) is 0 Å². The van der Waals surface area contributed by atoms with Crippen molar-refractivity contribution in [1.29, 1.82) is 0 Å². The maximum atomic E-state index is 13.7. The molecule has 0 radical (unpaired) electrons. The first-order valence-electron chi connectivity index (χ1n) is 32.3. The van der Waals surface area contributed by atoms with E-state index in [0.717, 1.165) is 132 Å². The molecule has 0 unspecified atom stereocenters. The monoisotopic (exact) mass is 1320 g/mol. The quantitative estimate of drug-likeness (QED) is 0.0126. The number of aryl methyl sites for hydroxylation is 1. The number of ether oxygens (including phenoxy) is 2. The zero-order valence-corrected chi connectivity index (χ0v) is 60.4. The summed E-state index contributed by atoms with van der Waals surface area (Å²) in [5.41, 5.74) is 19.2. The molecule has 0 saturated carbocycles. The summed E-state index contributed by atoms with van der Waals surface area (Å²) >= 11 is -2.15. The van der Waals surface area contributed by atoms with Gasteiger partial charge in [-0.1, -0.05) is 117 Å². The number of ketones is 1. The van der Waals surface area contributed by atoms with Crippen molar-refractivity contribution < 1.29 is 41.7 Å². The first-order chi connectivity index (χ1) is 41.2. The minimum absolute atomic E-state index is 0.0870. The van der Waals surface area contributed by atoms with Crippen molar-refractivity contribution in [1.82, 2.24) is 0 Å². The number of halogens is 2. The fourth-order valence-corrected chi connectivity index (χ4v) is 11.9. The summed E-state index contributed by atoms with van der Waals surface area (Å²) in [5, 5.41) is 0. The van der Waals surface area contributed by atoms with Gasteiger partial charge >= 0.3 is 205 Å². The molecular formula is C78H114Cl2O6Ru. The van der Waals surface area contributed by atoms with Crippen LogP contribution in [-0.4, -0.2) is 28.4 Å². The summed E-state index contributed by atoms with van der Waals surface area (Å²) in [6.07, 6.45) is 44.7. The van der Waals surface area contributed by atoms with Crippen molar-refractivity contribution in [2.75, 3.05) is 0 Å². The van der Waals surface area contributed by atoms with Crippen molar-refractivity contribution in [3.63, 3.8) is 0 Å². The summed E-state index contributed by atoms with van der Waals surface area (Å²) in [4.78, 5) is 38.8. The summed E-state index contributed by atoms with van der Waals surface area (Å²) in [5.74, 6) is 0.576. The number of carbonyl (C=O) groups excluding carboxylic acids is 3. The van der Waals surface area contributed by atoms with E-state index in [-0.39, 0.29) is 37.1 Å². The van der Waals surface area contributed by atoms with Crippen LogP contribution < -0.4 is 9.47 Å². The number of hydrogen-bond donors (Lipinski definition) is 0. The first-order valence-corrected chi connectivity index (χ1v) is 37.8. The number of carbonyl (C=O) groups is 3. The van der Waals surface area contributed by atoms with Crippen molar-refractivity contribution >= 4 is 41.7 Å². The molecule has 0 aliphatic carbocycles. The van der Waals surface area contributed by atoms with Gasteiger partial charge in [0.15, 0.2) is 0 Å². The average Bonchev–Trinajstić information content (AvgIpc) is 3.29. The number of hydrogen-bond acceptors (Lipinski definition) is 5. The summed E-state index contributed by atoms with van der Waals surface area (Å²) < 4.78 is 16.9. The van der Waals surface area contributed by atoms with E-state index in [9.17, 15) is 14.4 Å². The molecule has 2 aromatic carbocycles. The Balaban J connectivity index is 1.89. The van der Waals surface area contributed by atoms with E-state index in [1.807, 2.05) is 57.4 Å². The van der Waals surface area contributed by atoms with Gasteiger partial charge in [-0.2, -0.15) is 0 Å². The Hall–Kier alpha value is -4.68. The van der Waals surface area contributed by atoms with Crippen LogP contribution in [0.5, 0.6) is 17.2 Å². The van der Waals surface area contributed by atoms with Gasteiger partial charge in [-0.3, -0.25) is 9.59 Å². The predicted octanol–water partition coefficient (Wildman–Crippen LogP) is 24.0. The van der Waals surface area contributed by atoms with Gasteiger partial charge in [-0.15, -0.1) is 0 Å². The Morgan fingerprint density at radius 1 is 0.506 bits per heavy atom. The Bertz CT molecular complexity index is 2900. The molecule has 0 N–H and O–H groups in total. The van der Waals surface area contributed by atoms with Crippen LogP contribution in [0.3, 0.4) is 0 Å². The van der Waals surface area contributed by atoms with Gasteiger partial charge in [-0.05, 0) is 192 Å². The average molecular weight is 1320 g/mol. The molecule has 0 aliphatic rings. The zero-order valence-electron chi connectivity index (χ0n) is 57.2. The van der Waals surface area contributed by atoms with Crippen LogP contribution >= 0.6 is 19.4 Å². The minimum atomic E-state index is -2.15. The second-order valence-corrected chi connectivity index (χ2v) is 30.7. The molecule has 2 aromatic rings. The van der Waals surface area contributed by atoms with E-state index in [0.29, 0.717) is 41.0 Å². The van der Waals surface area contributed by atoms with E-state index >= 15 is 0 Å². The van der Waals surface area contributed by atoms with E-state index in [1.54, 1.807) is 6.92 Å². The molecule has 0 bridgehead atoms. The SMILES string of the molecule is [CH2-][O+](c1ccc(CCC(=O)Oc2c(C)c(C)c(OC(=O)CC(=O)CC)c(C)c2C/C=C(\C)CC/C=C(\C)CC/C=C(\C)CC/C=C(\C)CC/C=C(\C)CC/C=C(\C)CC/C=C(\C)CC/C=C(\C)CC/C=C(\C)CCC=C(C)C)cc1[CH]=[Ru]([Cl])[Cl])C(C)C. The second-order valence-electron chi connectivity index (χ2n) is 25.0. The van der Waals surface area contributed by atoms with Crippen molar-refractivity contribution in [2.45, 2.75) is 271 Å². The third-order valence-electron chi connectivity index (χ3n) is 16.2. The number of benzene rings is 2. The molecule has 484 valence electrons. The summed E-state index contributed by atoms with van der Waals surface area (Å²) in [6, 6.07) is 5.95. The molecule has 0 aliphatic heterocycles. The van der Waals surface area contributed by atoms with Crippen LogP contribution in [0.1, 0.15) is 265 Å². The normalized spacial score (nSPS) is 13.6. The van der Waals surface area contributed by atoms with Gasteiger partial charge in [0.1, 0.15) is 12.2 Å². The third kappa shape index (κ3) is 34.2. The molecule has 0 heterocycles. The van der Waals surface area contributed by atoms with Crippen LogP contribution in [0.15, 0.2) is 135 Å². The first kappa shape index (κ1) is 78.4. The van der Waals surface area contributed by atoms with Crippen molar-refractivity contribution in [3.8, 4) is 17.2 Å². The predicted molar refractivity (Wildman–Crippen MR) is 375 cm³/mol. The van der Waals surface area contributed by atoms with E-state index in [4.69, 9.17) is 28.9 Å². The zero-order chi connectivity index (χ0) is 65.0. The van der Waals surface area contributed by atoms with Crippen LogP contribution in [0.4, 0.5) is 0 Å². The van der Waals surface area contributed by atoms with Gasteiger partial charge in [0.05, 0.1) is 0 Å². The van der Waals surface area contributed by atoms with Crippen LogP contribution in [0.2, 0.25) is 0 Å². The van der Waals surface area contributed by atoms with Crippen molar-refractivity contribution in [3.05, 3.63) is 175 Å². The molecule has 0 saturated heterocycles. The Morgan fingerprint density at radius 3 is 1.22 bits per heavy atom. The summed E-state index contributed by atoms with van der Waals surface area (Å²) in [6.45, 7) is 36.1. The fraction of sp³-hybridized carbons (Fsp3) is 0.526. The summed E-state index contributed by atoms with van der Waals surface area (Å²) in [7, 11) is 16.8. The second kappa shape index (κ2) is 43.9. The molecule has 0 atom stereocenters. The van der Waals surface area contributed by atoms with Gasteiger partial charge in [0.2, 0.25) is 0 Å². The molecule has 0 aromatic heterocycles. The van der Waals surface area contributed by atoms with Gasteiger partial charge in [0, 0.05) is 6.42 Å². The fourth-order valence-electron chi connectivity index (χ4n) is 10.1. The standard InChI is InChI=1S/C78H114O6.2ClH.Ru/c1-20-72(79)55-76(81)83-77-68(16)69(17)78(82-75(80)53-50-71-49-52-74(67(15)54-71)84(19)57(4)5)73(70(77)18)51-48-66(14)47-29-46-65(13)45-28-44-64(12)43-27-42-63(11)41-26-40-62(10)39-25-38-61(9)37-24-36-60(8)35-23-34-59(7)33-22-32-58(6)31-21-30-56(2)3;;;/h15,30,32,34,36,38,40,42,44,46,48-49,52,54,57H,19-29,31,33,35,37,39,41,43,45,47,50-51,53,55H2,1-14,16-18H3;2*1H;/q;;;+2/p-2/b58-32+,59-34+,60-36+,61-38+,62-40+,63-42+,64-44+,65-46+,66-48+;;;. The van der Waals surface area contributed by atoms with E-state index < -0.39 is 19.5 Å².